The first-order chi connectivity index (χ1) is 18.7. The second-order valence-electron chi connectivity index (χ2n) is 9.13. The molecule has 0 radical (unpaired) electrons. The molecule has 12 heteroatoms. The third-order valence-electron chi connectivity index (χ3n) is 6.84. The molecule has 1 atom stereocenters. The lowest BCUT2D eigenvalue weighted by Crippen LogP contribution is -2.55. The lowest BCUT2D eigenvalue weighted by Gasteiger charge is -2.44. The van der Waals surface area contributed by atoms with Gasteiger partial charge in [-0.2, -0.15) is 13.2 Å². The van der Waals surface area contributed by atoms with E-state index in [1.807, 2.05) is 40.6 Å². The highest BCUT2D eigenvalue weighted by Crippen LogP contribution is 2.47. The number of fused-ring (bicyclic) bond motifs is 1. The van der Waals surface area contributed by atoms with Crippen LogP contribution >= 0.6 is 11.3 Å². The van der Waals surface area contributed by atoms with E-state index in [4.69, 9.17) is 14.5 Å². The number of carboxylic acid groups (broad SMARTS) is 1. The van der Waals surface area contributed by atoms with E-state index in [1.54, 1.807) is 12.0 Å². The molecule has 2 aromatic carbocycles. The second-order valence-corrected chi connectivity index (χ2v) is 10.1. The molecule has 0 amide bonds. The van der Waals surface area contributed by atoms with E-state index in [1.165, 1.54) is 24.5 Å². The van der Waals surface area contributed by atoms with Crippen LogP contribution in [-0.2, 0) is 11.0 Å². The Balaban J connectivity index is 1.55. The number of carboxylic acids is 1. The maximum absolute atomic E-state index is 13.8. The molecule has 1 saturated heterocycles. The number of aliphatic carboxylic acids is 1. The number of halogens is 3. The maximum atomic E-state index is 13.8. The van der Waals surface area contributed by atoms with Crippen molar-refractivity contribution in [3.8, 4) is 11.5 Å². The summed E-state index contributed by atoms with van der Waals surface area (Å²) in [6.07, 6.45) is -4.91. The molecule has 1 aromatic heterocycles. The van der Waals surface area contributed by atoms with Crippen LogP contribution < -0.4 is 19.3 Å². The average molecular weight is 561 g/mol. The summed E-state index contributed by atoms with van der Waals surface area (Å²) in [5.74, 6) is 0.270. The molecule has 1 N–H and O–H groups in total. The topological polar surface area (TPSA) is 77.8 Å². The van der Waals surface area contributed by atoms with Gasteiger partial charge in [-0.25, -0.2) is 4.99 Å². The molecule has 0 aliphatic carbocycles. The molecule has 1 fully saturated rings. The Morgan fingerprint density at radius 3 is 2.46 bits per heavy atom. The van der Waals surface area contributed by atoms with Crippen molar-refractivity contribution in [3.05, 3.63) is 64.4 Å². The van der Waals surface area contributed by atoms with Gasteiger partial charge in [0.15, 0.2) is 0 Å². The summed E-state index contributed by atoms with van der Waals surface area (Å²) in [6, 6.07) is 12.0. The number of benzene rings is 2. The van der Waals surface area contributed by atoms with Gasteiger partial charge in [0.05, 0.1) is 48.5 Å². The van der Waals surface area contributed by atoms with Crippen molar-refractivity contribution < 1.29 is 32.5 Å². The van der Waals surface area contributed by atoms with Crippen LogP contribution in [0.1, 0.15) is 22.9 Å². The second kappa shape index (κ2) is 10.7. The molecule has 3 aromatic rings. The lowest BCUT2D eigenvalue weighted by molar-refractivity contribution is -0.138. The number of hydrogen-bond donors (Lipinski definition) is 1. The van der Waals surface area contributed by atoms with Gasteiger partial charge in [-0.1, -0.05) is 6.07 Å². The zero-order valence-corrected chi connectivity index (χ0v) is 22.1. The van der Waals surface area contributed by atoms with Crippen molar-refractivity contribution in [2.24, 2.45) is 4.99 Å². The van der Waals surface area contributed by atoms with Crippen LogP contribution in [0.3, 0.4) is 0 Å². The van der Waals surface area contributed by atoms with Crippen LogP contribution in [0.15, 0.2) is 58.9 Å². The highest BCUT2D eigenvalue weighted by molar-refractivity contribution is 7.10. The molecule has 0 unspecified atom stereocenters. The van der Waals surface area contributed by atoms with Crippen LogP contribution in [0, 0.1) is 0 Å². The fourth-order valence-electron chi connectivity index (χ4n) is 4.95. The fourth-order valence-corrected chi connectivity index (χ4v) is 5.87. The number of piperazine rings is 1. The third-order valence-corrected chi connectivity index (χ3v) is 7.85. The molecule has 206 valence electrons. The van der Waals surface area contributed by atoms with Crippen molar-refractivity contribution in [2.75, 3.05) is 50.2 Å². The number of nitrogens with zero attached hydrogens (tertiary/aromatic N) is 4. The predicted molar refractivity (Wildman–Crippen MR) is 144 cm³/mol. The van der Waals surface area contributed by atoms with Crippen LogP contribution in [0.2, 0.25) is 0 Å². The van der Waals surface area contributed by atoms with E-state index in [2.05, 4.69) is 4.90 Å². The minimum atomic E-state index is -4.59. The largest absolute Gasteiger partial charge is 0.497 e. The molecule has 39 heavy (non-hydrogen) atoms. The summed E-state index contributed by atoms with van der Waals surface area (Å²) in [5, 5.41) is 11.6. The summed E-state index contributed by atoms with van der Waals surface area (Å²) in [5.41, 5.74) is 0.886. The Kier molecular flexibility index (Phi) is 7.30. The molecule has 2 aliphatic rings. The SMILES string of the molecule is COc1cccc(N2CCN(C3=Nc4ccsc4[C@@H](CC(=O)O)N3c3cc(C(F)(F)F)ccc3OC)CC2)c1. The summed E-state index contributed by atoms with van der Waals surface area (Å²) < 4.78 is 52.1. The van der Waals surface area contributed by atoms with Gasteiger partial charge in [0.1, 0.15) is 11.5 Å². The molecule has 0 spiro atoms. The number of ether oxygens (including phenoxy) is 2. The van der Waals surface area contributed by atoms with E-state index < -0.39 is 23.8 Å². The van der Waals surface area contributed by atoms with Crippen molar-refractivity contribution in [2.45, 2.75) is 18.6 Å². The van der Waals surface area contributed by atoms with Gasteiger partial charge in [-0.15, -0.1) is 11.3 Å². The van der Waals surface area contributed by atoms with E-state index in [0.29, 0.717) is 42.7 Å². The summed E-state index contributed by atoms with van der Waals surface area (Å²) >= 11 is 1.33. The Morgan fingerprint density at radius 1 is 1.05 bits per heavy atom. The minimum absolute atomic E-state index is 0.117. The van der Waals surface area contributed by atoms with Crippen molar-refractivity contribution >= 4 is 40.3 Å². The van der Waals surface area contributed by atoms with E-state index in [-0.39, 0.29) is 17.9 Å². The number of rotatable bonds is 6. The monoisotopic (exact) mass is 560 g/mol. The number of guanidine groups is 1. The van der Waals surface area contributed by atoms with Crippen molar-refractivity contribution in [3.63, 3.8) is 0 Å². The Hall–Kier alpha value is -3.93. The summed E-state index contributed by atoms with van der Waals surface area (Å²) in [7, 11) is 2.99. The number of alkyl halides is 3. The van der Waals surface area contributed by atoms with Crippen molar-refractivity contribution in [1.29, 1.82) is 0 Å². The molecule has 3 heterocycles. The highest BCUT2D eigenvalue weighted by Gasteiger charge is 2.40. The van der Waals surface area contributed by atoms with Gasteiger partial charge >= 0.3 is 12.1 Å². The molecule has 5 rings (SSSR count). The van der Waals surface area contributed by atoms with E-state index in [0.717, 1.165) is 23.6 Å². The number of thiophene rings is 1. The average Bonchev–Trinajstić information content (AvgIpc) is 3.41. The number of aliphatic imine (C=N–C) groups is 1. The summed E-state index contributed by atoms with van der Waals surface area (Å²) in [6.45, 7) is 2.29. The molecular formula is C27H27F3N4O4S. The smallest absolute Gasteiger partial charge is 0.416 e. The fraction of sp³-hybridized carbons (Fsp3) is 0.333. The number of methoxy groups -OCH3 is 2. The zero-order valence-electron chi connectivity index (χ0n) is 21.3. The first-order valence-corrected chi connectivity index (χ1v) is 13.1. The van der Waals surface area contributed by atoms with Gasteiger partial charge < -0.3 is 24.4 Å². The van der Waals surface area contributed by atoms with E-state index in [9.17, 15) is 23.1 Å². The van der Waals surface area contributed by atoms with Crippen LogP contribution in [-0.4, -0.2) is 62.3 Å². The van der Waals surface area contributed by atoms with Gasteiger partial charge in [-0.3, -0.25) is 9.69 Å². The molecule has 0 bridgehead atoms. The van der Waals surface area contributed by atoms with Crippen molar-refractivity contribution in [1.82, 2.24) is 4.90 Å². The maximum Gasteiger partial charge on any atom is 0.416 e. The lowest BCUT2D eigenvalue weighted by atomic mass is 10.0. The number of carbonyl (C=O) groups is 1. The van der Waals surface area contributed by atoms with Gasteiger partial charge in [0, 0.05) is 37.9 Å². The minimum Gasteiger partial charge on any atom is -0.497 e. The molecular weight excluding hydrogens is 533 g/mol. The van der Waals surface area contributed by atoms with Gasteiger partial charge in [0.25, 0.3) is 0 Å². The van der Waals surface area contributed by atoms with Gasteiger partial charge in [-0.05, 0) is 41.8 Å². The zero-order chi connectivity index (χ0) is 27.7. The first-order valence-electron chi connectivity index (χ1n) is 12.3. The standard InChI is InChI=1S/C27H27F3N4O4S/c1-37-19-5-3-4-18(15-19)32-9-11-33(12-10-32)26-31-20-8-13-39-25(20)22(16-24(35)36)34(26)21-14-17(27(28,29)30)6-7-23(21)38-2/h3-8,13-15,22H,9-12,16H2,1-2H3,(H,35,36)/t22-/m1/s1. The third kappa shape index (κ3) is 5.33. The number of hydrogen-bond acceptors (Lipinski definition) is 8. The summed E-state index contributed by atoms with van der Waals surface area (Å²) in [4.78, 5) is 23.3. The molecule has 0 saturated carbocycles. The Labute approximate surface area is 227 Å². The van der Waals surface area contributed by atoms with Crippen LogP contribution in [0.5, 0.6) is 11.5 Å². The van der Waals surface area contributed by atoms with Crippen LogP contribution in [0.4, 0.5) is 30.2 Å². The first kappa shape index (κ1) is 26.7. The Morgan fingerprint density at radius 2 is 1.79 bits per heavy atom. The highest BCUT2D eigenvalue weighted by atomic mass is 32.1. The van der Waals surface area contributed by atoms with Crippen LogP contribution in [0.25, 0.3) is 0 Å². The van der Waals surface area contributed by atoms with E-state index >= 15 is 0 Å². The van der Waals surface area contributed by atoms with Gasteiger partial charge in [0.2, 0.25) is 5.96 Å². The Bertz CT molecular complexity index is 1390. The normalized spacial score (nSPS) is 17.5. The molecule has 8 nitrogen and oxygen atoms in total. The quantitative estimate of drug-likeness (QED) is 0.419. The number of anilines is 2. The predicted octanol–water partition coefficient (Wildman–Crippen LogP) is 5.63. The molecule has 2 aliphatic heterocycles.